The second kappa shape index (κ2) is 7.63. The van der Waals surface area contributed by atoms with Crippen LogP contribution in [0.3, 0.4) is 0 Å². The molecule has 1 atom stereocenters. The monoisotopic (exact) mass is 396 g/mol. The van der Waals surface area contributed by atoms with Crippen molar-refractivity contribution in [3.8, 4) is 17.6 Å². The van der Waals surface area contributed by atoms with E-state index in [4.69, 9.17) is 19.9 Å². The number of benzene rings is 1. The van der Waals surface area contributed by atoms with Crippen molar-refractivity contribution in [2.24, 2.45) is 11.1 Å². The highest BCUT2D eigenvalue weighted by Gasteiger charge is 2.43. The zero-order valence-electron chi connectivity index (χ0n) is 17.0. The van der Waals surface area contributed by atoms with E-state index in [9.17, 15) is 14.9 Å². The van der Waals surface area contributed by atoms with Gasteiger partial charge in [0, 0.05) is 25.3 Å². The predicted octanol–water partition coefficient (Wildman–Crippen LogP) is 3.46. The fourth-order valence-electron chi connectivity index (χ4n) is 3.83. The number of nitrogens with two attached hydrogens (primary N) is 1. The lowest BCUT2D eigenvalue weighted by molar-refractivity contribution is -0.132. The summed E-state index contributed by atoms with van der Waals surface area (Å²) in [5.41, 5.74) is 7.07. The van der Waals surface area contributed by atoms with Crippen LogP contribution in [0.5, 0.6) is 11.5 Å². The second-order valence-corrected chi connectivity index (χ2v) is 7.94. The SMILES string of the molecule is CCOc1cc([C@H]2C(C#N)=C(N)OC3=C2C(=O)CC(C)(C)C3)ccc1OC(C)=O. The first-order valence-electron chi connectivity index (χ1n) is 9.46. The molecule has 0 saturated heterocycles. The Bertz CT molecular complexity index is 981. The Hall–Kier alpha value is -3.27. The lowest BCUT2D eigenvalue weighted by Gasteiger charge is -2.37. The van der Waals surface area contributed by atoms with E-state index < -0.39 is 11.9 Å². The van der Waals surface area contributed by atoms with Crippen molar-refractivity contribution in [3.05, 3.63) is 46.6 Å². The van der Waals surface area contributed by atoms with Crippen LogP contribution < -0.4 is 15.2 Å². The molecule has 0 saturated carbocycles. The van der Waals surface area contributed by atoms with Gasteiger partial charge < -0.3 is 19.9 Å². The number of allylic oxidation sites excluding steroid dienone is 3. The first kappa shape index (κ1) is 20.5. The van der Waals surface area contributed by atoms with Gasteiger partial charge in [-0.15, -0.1) is 0 Å². The smallest absolute Gasteiger partial charge is 0.308 e. The third kappa shape index (κ3) is 3.97. The number of hydrogen-bond acceptors (Lipinski definition) is 7. The summed E-state index contributed by atoms with van der Waals surface area (Å²) in [7, 11) is 0. The van der Waals surface area contributed by atoms with Crippen molar-refractivity contribution in [3.63, 3.8) is 0 Å². The Morgan fingerprint density at radius 2 is 2.07 bits per heavy atom. The van der Waals surface area contributed by atoms with E-state index in [0.717, 1.165) is 0 Å². The van der Waals surface area contributed by atoms with E-state index in [2.05, 4.69) is 6.07 Å². The molecule has 0 aromatic heterocycles. The van der Waals surface area contributed by atoms with Crippen LogP contribution in [0.4, 0.5) is 0 Å². The van der Waals surface area contributed by atoms with Gasteiger partial charge in [0.05, 0.1) is 12.5 Å². The summed E-state index contributed by atoms with van der Waals surface area (Å²) >= 11 is 0. The summed E-state index contributed by atoms with van der Waals surface area (Å²) in [5.74, 6) is -0.0504. The van der Waals surface area contributed by atoms with Crippen LogP contribution in [-0.4, -0.2) is 18.4 Å². The third-order valence-corrected chi connectivity index (χ3v) is 4.93. The minimum Gasteiger partial charge on any atom is -0.490 e. The van der Waals surface area contributed by atoms with E-state index in [1.807, 2.05) is 20.8 Å². The minimum atomic E-state index is -0.655. The molecular formula is C22H24N2O5. The highest BCUT2D eigenvalue weighted by Crippen LogP contribution is 2.48. The number of nitriles is 1. The number of Topliss-reactive ketones (excluding diaryl/α,β-unsaturated/α-hetero) is 1. The van der Waals surface area contributed by atoms with Crippen molar-refractivity contribution in [1.29, 1.82) is 5.26 Å². The van der Waals surface area contributed by atoms with Gasteiger partial charge in [-0.2, -0.15) is 5.26 Å². The molecule has 7 heteroatoms. The molecule has 2 aliphatic rings. The summed E-state index contributed by atoms with van der Waals surface area (Å²) in [6, 6.07) is 7.08. The first-order chi connectivity index (χ1) is 13.7. The van der Waals surface area contributed by atoms with Gasteiger partial charge in [-0.25, -0.2) is 0 Å². The van der Waals surface area contributed by atoms with Gasteiger partial charge in [-0.05, 0) is 30.0 Å². The maximum atomic E-state index is 13.0. The van der Waals surface area contributed by atoms with Crippen LogP contribution >= 0.6 is 0 Å². The standard InChI is InChI=1S/C22H24N2O5/c1-5-27-17-8-13(6-7-16(17)28-12(2)25)19-14(11-23)21(24)29-18-10-22(3,4)9-15(26)20(18)19/h6-8,19H,5,9-10,24H2,1-4H3/t19-/m0/s1. The van der Waals surface area contributed by atoms with Crippen molar-refractivity contribution in [2.45, 2.75) is 46.5 Å². The van der Waals surface area contributed by atoms with Gasteiger partial charge >= 0.3 is 5.97 Å². The lowest BCUT2D eigenvalue weighted by atomic mass is 9.70. The molecule has 1 aliphatic carbocycles. The molecule has 0 unspecified atom stereocenters. The number of ketones is 1. The van der Waals surface area contributed by atoms with Crippen LogP contribution in [0.1, 0.15) is 52.0 Å². The lowest BCUT2D eigenvalue weighted by Crippen LogP contribution is -2.33. The molecule has 1 aromatic carbocycles. The molecule has 0 amide bonds. The summed E-state index contributed by atoms with van der Waals surface area (Å²) in [6.45, 7) is 7.46. The molecule has 0 radical (unpaired) electrons. The molecular weight excluding hydrogens is 372 g/mol. The number of carbonyl (C=O) groups excluding carboxylic acids is 2. The Morgan fingerprint density at radius 3 is 2.69 bits per heavy atom. The van der Waals surface area contributed by atoms with Crippen LogP contribution in [0.15, 0.2) is 41.0 Å². The third-order valence-electron chi connectivity index (χ3n) is 4.93. The number of carbonyl (C=O) groups is 2. The molecule has 0 bridgehead atoms. The van der Waals surface area contributed by atoms with Crippen LogP contribution in [0.25, 0.3) is 0 Å². The molecule has 152 valence electrons. The highest BCUT2D eigenvalue weighted by molar-refractivity contribution is 6.00. The fourth-order valence-corrected chi connectivity index (χ4v) is 3.83. The van der Waals surface area contributed by atoms with Crippen LogP contribution in [0.2, 0.25) is 0 Å². The first-order valence-corrected chi connectivity index (χ1v) is 9.46. The normalized spacial score (nSPS) is 20.5. The van der Waals surface area contributed by atoms with E-state index in [1.54, 1.807) is 18.2 Å². The second-order valence-electron chi connectivity index (χ2n) is 7.94. The number of ether oxygens (including phenoxy) is 3. The van der Waals surface area contributed by atoms with Crippen molar-refractivity contribution in [1.82, 2.24) is 0 Å². The van der Waals surface area contributed by atoms with Gasteiger partial charge in [0.2, 0.25) is 5.88 Å². The van der Waals surface area contributed by atoms with Crippen LogP contribution in [-0.2, 0) is 14.3 Å². The average Bonchev–Trinajstić information content (AvgIpc) is 2.60. The van der Waals surface area contributed by atoms with E-state index in [0.29, 0.717) is 42.1 Å². The molecule has 1 aliphatic heterocycles. The van der Waals surface area contributed by atoms with Gasteiger partial charge in [0.25, 0.3) is 0 Å². The van der Waals surface area contributed by atoms with Crippen molar-refractivity contribution >= 4 is 11.8 Å². The van der Waals surface area contributed by atoms with Gasteiger partial charge in [0.15, 0.2) is 17.3 Å². The number of esters is 1. The van der Waals surface area contributed by atoms with Gasteiger partial charge in [0.1, 0.15) is 17.4 Å². The van der Waals surface area contributed by atoms with Gasteiger partial charge in [-0.1, -0.05) is 19.9 Å². The Kier molecular flexibility index (Phi) is 5.38. The fraction of sp³-hybridized carbons (Fsp3) is 0.409. The van der Waals surface area contributed by atoms with Crippen molar-refractivity contribution in [2.75, 3.05) is 6.61 Å². The average molecular weight is 396 g/mol. The molecule has 0 spiro atoms. The predicted molar refractivity (Wildman–Crippen MR) is 105 cm³/mol. The highest BCUT2D eigenvalue weighted by atomic mass is 16.6. The summed E-state index contributed by atoms with van der Waals surface area (Å²) in [6.07, 6.45) is 0.905. The molecule has 0 fully saturated rings. The molecule has 1 aromatic rings. The summed E-state index contributed by atoms with van der Waals surface area (Å²) in [5, 5.41) is 9.72. The topological polar surface area (TPSA) is 112 Å². The Morgan fingerprint density at radius 1 is 1.34 bits per heavy atom. The van der Waals surface area contributed by atoms with Crippen LogP contribution in [0, 0.1) is 16.7 Å². The molecule has 3 rings (SSSR count). The quantitative estimate of drug-likeness (QED) is 0.613. The molecule has 29 heavy (non-hydrogen) atoms. The zero-order chi connectivity index (χ0) is 21.3. The molecule has 1 heterocycles. The van der Waals surface area contributed by atoms with E-state index >= 15 is 0 Å². The maximum Gasteiger partial charge on any atom is 0.308 e. The van der Waals surface area contributed by atoms with Gasteiger partial charge in [-0.3, -0.25) is 9.59 Å². The Balaban J connectivity index is 2.15. The minimum absolute atomic E-state index is 0.00349. The summed E-state index contributed by atoms with van der Waals surface area (Å²) < 4.78 is 16.5. The maximum absolute atomic E-state index is 13.0. The molecule has 2 N–H and O–H groups in total. The molecule has 7 nitrogen and oxygen atoms in total. The van der Waals surface area contributed by atoms with E-state index in [-0.39, 0.29) is 28.4 Å². The number of nitrogens with zero attached hydrogens (tertiary/aromatic N) is 1. The Labute approximate surface area is 169 Å². The largest absolute Gasteiger partial charge is 0.490 e. The number of rotatable bonds is 4. The summed E-state index contributed by atoms with van der Waals surface area (Å²) in [4.78, 5) is 24.4. The van der Waals surface area contributed by atoms with E-state index in [1.165, 1.54) is 6.92 Å². The zero-order valence-corrected chi connectivity index (χ0v) is 17.0. The number of hydrogen-bond donors (Lipinski definition) is 1. The van der Waals surface area contributed by atoms with Crippen molar-refractivity contribution < 1.29 is 23.8 Å².